The lowest BCUT2D eigenvalue weighted by Crippen LogP contribution is -2.55. The molecule has 1 atom stereocenters. The zero-order chi connectivity index (χ0) is 17.5. The van der Waals surface area contributed by atoms with Crippen molar-refractivity contribution in [3.8, 4) is 11.5 Å². The van der Waals surface area contributed by atoms with E-state index in [0.29, 0.717) is 11.8 Å². The van der Waals surface area contributed by atoms with Crippen molar-refractivity contribution in [1.29, 1.82) is 0 Å². The Bertz CT molecular complexity index is 617. The molecule has 3 nitrogen and oxygen atoms in total. The van der Waals surface area contributed by atoms with E-state index in [2.05, 4.69) is 25.8 Å². The first kappa shape index (κ1) is 17.6. The summed E-state index contributed by atoms with van der Waals surface area (Å²) in [4.78, 5) is 2.50. The molecule has 1 fully saturated rings. The van der Waals surface area contributed by atoms with Crippen molar-refractivity contribution in [2.45, 2.75) is 90.8 Å². The minimum atomic E-state index is -0.247. The van der Waals surface area contributed by atoms with Gasteiger partial charge in [-0.25, -0.2) is 0 Å². The molecule has 0 bridgehead atoms. The van der Waals surface area contributed by atoms with Crippen LogP contribution in [0.2, 0.25) is 0 Å². The second-order valence-electron chi connectivity index (χ2n) is 8.06. The minimum Gasteiger partial charge on any atom is -0.507 e. The van der Waals surface area contributed by atoms with Gasteiger partial charge in [-0.2, -0.15) is 0 Å². The van der Waals surface area contributed by atoms with Gasteiger partial charge in [0.2, 0.25) is 0 Å². The van der Waals surface area contributed by atoms with Gasteiger partial charge in [0.25, 0.3) is 0 Å². The summed E-state index contributed by atoms with van der Waals surface area (Å²) in [6, 6.07) is 0.624. The number of fused-ring (bicyclic) bond motifs is 1. The Morgan fingerprint density at radius 1 is 1.00 bits per heavy atom. The molecule has 1 aliphatic carbocycles. The van der Waals surface area contributed by atoms with Crippen LogP contribution in [-0.4, -0.2) is 28.8 Å². The summed E-state index contributed by atoms with van der Waals surface area (Å²) >= 11 is 0. The third kappa shape index (κ3) is 2.92. The number of hydrogen-bond donors (Lipinski definition) is 1. The van der Waals surface area contributed by atoms with Gasteiger partial charge in [-0.05, 0) is 70.7 Å². The Kier molecular flexibility index (Phi) is 4.83. The molecule has 2 aliphatic rings. The molecule has 1 N–H and O–H groups in total. The number of phenolic OH excluding ortho intramolecular Hbond substituents is 1. The first-order chi connectivity index (χ1) is 11.3. The van der Waals surface area contributed by atoms with Crippen LogP contribution in [-0.2, 0) is 6.42 Å². The molecule has 1 aliphatic heterocycles. The molecular formula is C21H33NO2. The van der Waals surface area contributed by atoms with Crippen molar-refractivity contribution in [2.24, 2.45) is 0 Å². The van der Waals surface area contributed by atoms with E-state index in [0.717, 1.165) is 35.3 Å². The molecule has 0 saturated heterocycles. The first-order valence-corrected chi connectivity index (χ1v) is 9.58. The monoisotopic (exact) mass is 331 g/mol. The summed E-state index contributed by atoms with van der Waals surface area (Å²) in [5.41, 5.74) is 3.98. The highest BCUT2D eigenvalue weighted by Gasteiger charge is 2.40. The molecule has 134 valence electrons. The Hall–Kier alpha value is -1.22. The Balaban J connectivity index is 1.90. The summed E-state index contributed by atoms with van der Waals surface area (Å²) in [7, 11) is 2.25. The van der Waals surface area contributed by atoms with E-state index in [4.69, 9.17) is 4.74 Å². The number of ether oxygens (including phenoxy) is 1. The minimum absolute atomic E-state index is 0.247. The van der Waals surface area contributed by atoms with Crippen LogP contribution in [0, 0.1) is 20.8 Å². The van der Waals surface area contributed by atoms with Crippen LogP contribution in [0.15, 0.2) is 0 Å². The molecule has 1 saturated carbocycles. The highest BCUT2D eigenvalue weighted by atomic mass is 16.5. The summed E-state index contributed by atoms with van der Waals surface area (Å²) in [6.45, 7) is 8.33. The third-order valence-electron chi connectivity index (χ3n) is 6.62. The smallest absolute Gasteiger partial charge is 0.160 e. The maximum atomic E-state index is 10.4. The van der Waals surface area contributed by atoms with Crippen LogP contribution in [0.1, 0.15) is 74.1 Å². The highest BCUT2D eigenvalue weighted by molar-refractivity contribution is 5.58. The van der Waals surface area contributed by atoms with E-state index in [1.54, 1.807) is 0 Å². The number of aromatic hydroxyl groups is 1. The van der Waals surface area contributed by atoms with Gasteiger partial charge in [-0.15, -0.1) is 0 Å². The Morgan fingerprint density at radius 3 is 2.25 bits per heavy atom. The summed E-state index contributed by atoms with van der Waals surface area (Å²) in [6.07, 6.45) is 9.96. The van der Waals surface area contributed by atoms with Crippen molar-refractivity contribution in [3.05, 3.63) is 22.3 Å². The molecule has 0 amide bonds. The van der Waals surface area contributed by atoms with Crippen molar-refractivity contribution in [2.75, 3.05) is 7.05 Å². The van der Waals surface area contributed by atoms with Gasteiger partial charge >= 0.3 is 0 Å². The molecule has 0 aromatic heterocycles. The topological polar surface area (TPSA) is 32.7 Å². The fourth-order valence-electron chi connectivity index (χ4n) is 4.52. The van der Waals surface area contributed by atoms with E-state index >= 15 is 0 Å². The Morgan fingerprint density at radius 2 is 1.62 bits per heavy atom. The number of rotatable bonds is 2. The summed E-state index contributed by atoms with van der Waals surface area (Å²) in [5, 5.41) is 10.4. The SMILES string of the molecule is Cc1c(C)c2c(c(C)c1O)CCC(C)(N(C)C1CCCCCC1)O2. The Labute approximate surface area is 147 Å². The molecule has 1 aromatic rings. The van der Waals surface area contributed by atoms with Gasteiger partial charge in [0, 0.05) is 18.0 Å². The molecule has 3 heteroatoms. The summed E-state index contributed by atoms with van der Waals surface area (Å²) < 4.78 is 6.64. The standard InChI is InChI=1S/C21H33NO2/c1-14-15(2)20-18(16(3)19(14)23)12-13-21(4,24-20)22(5)17-10-8-6-7-9-11-17/h17,23H,6-13H2,1-5H3. The summed E-state index contributed by atoms with van der Waals surface area (Å²) in [5.74, 6) is 1.45. The third-order valence-corrected chi connectivity index (χ3v) is 6.62. The maximum absolute atomic E-state index is 10.4. The van der Waals surface area contributed by atoms with Gasteiger partial charge in [0.05, 0.1) is 0 Å². The molecule has 1 unspecified atom stereocenters. The van der Waals surface area contributed by atoms with Crippen LogP contribution in [0.5, 0.6) is 11.5 Å². The van der Waals surface area contributed by atoms with Crippen LogP contribution in [0.25, 0.3) is 0 Å². The molecule has 1 aromatic carbocycles. The maximum Gasteiger partial charge on any atom is 0.160 e. The molecule has 0 radical (unpaired) electrons. The van der Waals surface area contributed by atoms with Gasteiger partial charge in [-0.1, -0.05) is 25.7 Å². The lowest BCUT2D eigenvalue weighted by atomic mass is 9.89. The van der Waals surface area contributed by atoms with Crippen LogP contribution >= 0.6 is 0 Å². The van der Waals surface area contributed by atoms with E-state index in [9.17, 15) is 5.11 Å². The van der Waals surface area contributed by atoms with E-state index in [1.807, 2.05) is 13.8 Å². The van der Waals surface area contributed by atoms with Crippen molar-refractivity contribution >= 4 is 0 Å². The van der Waals surface area contributed by atoms with Crippen LogP contribution in [0.4, 0.5) is 0 Å². The zero-order valence-electron chi connectivity index (χ0n) is 16.0. The van der Waals surface area contributed by atoms with Gasteiger partial charge in [0.15, 0.2) is 5.72 Å². The van der Waals surface area contributed by atoms with Gasteiger partial charge < -0.3 is 9.84 Å². The highest BCUT2D eigenvalue weighted by Crippen LogP contribution is 2.44. The molecule has 3 rings (SSSR count). The molecule has 24 heavy (non-hydrogen) atoms. The number of nitrogens with zero attached hydrogens (tertiary/aromatic N) is 1. The predicted octanol–water partition coefficient (Wildman–Crippen LogP) is 5.01. The number of benzene rings is 1. The van der Waals surface area contributed by atoms with Gasteiger partial charge in [-0.3, -0.25) is 4.90 Å². The second-order valence-corrected chi connectivity index (χ2v) is 8.06. The molecule has 1 heterocycles. The number of hydrogen-bond acceptors (Lipinski definition) is 3. The van der Waals surface area contributed by atoms with Crippen LogP contribution < -0.4 is 4.74 Å². The van der Waals surface area contributed by atoms with E-state index in [1.165, 1.54) is 44.1 Å². The fraction of sp³-hybridized carbons (Fsp3) is 0.714. The second kappa shape index (κ2) is 6.59. The fourth-order valence-corrected chi connectivity index (χ4v) is 4.52. The van der Waals surface area contributed by atoms with Crippen LogP contribution in [0.3, 0.4) is 0 Å². The average molecular weight is 332 g/mol. The average Bonchev–Trinajstić information content (AvgIpc) is 2.86. The lowest BCUT2D eigenvalue weighted by molar-refractivity contribution is -0.0951. The quantitative estimate of drug-likeness (QED) is 0.773. The van der Waals surface area contributed by atoms with E-state index in [-0.39, 0.29) is 5.72 Å². The van der Waals surface area contributed by atoms with E-state index < -0.39 is 0 Å². The lowest BCUT2D eigenvalue weighted by Gasteiger charge is -2.46. The van der Waals surface area contributed by atoms with Gasteiger partial charge in [0.1, 0.15) is 11.5 Å². The normalized spacial score (nSPS) is 25.2. The van der Waals surface area contributed by atoms with Crippen molar-refractivity contribution < 1.29 is 9.84 Å². The first-order valence-electron chi connectivity index (χ1n) is 9.58. The zero-order valence-corrected chi connectivity index (χ0v) is 16.0. The molecular weight excluding hydrogens is 298 g/mol. The molecule has 0 spiro atoms. The largest absolute Gasteiger partial charge is 0.507 e. The number of phenols is 1. The van der Waals surface area contributed by atoms with Crippen molar-refractivity contribution in [3.63, 3.8) is 0 Å². The predicted molar refractivity (Wildman–Crippen MR) is 98.9 cm³/mol. The van der Waals surface area contributed by atoms with Crippen molar-refractivity contribution in [1.82, 2.24) is 4.90 Å².